The molecule has 1 fully saturated rings. The van der Waals surface area contributed by atoms with Gasteiger partial charge >= 0.3 is 0 Å². The molecule has 2 aromatic rings. The second kappa shape index (κ2) is 6.54. The van der Waals surface area contributed by atoms with Crippen LogP contribution in [0, 0.1) is 6.92 Å². The van der Waals surface area contributed by atoms with Crippen molar-refractivity contribution < 1.29 is 9.53 Å². The number of thiophene rings is 1. The van der Waals surface area contributed by atoms with Gasteiger partial charge in [-0.2, -0.15) is 4.98 Å². The van der Waals surface area contributed by atoms with Crippen LogP contribution < -0.4 is 9.64 Å². The molecular formula is C16H20N4O2S. The van der Waals surface area contributed by atoms with Crippen molar-refractivity contribution in [3.05, 3.63) is 34.3 Å². The van der Waals surface area contributed by atoms with E-state index in [1.165, 1.54) is 11.3 Å². The quantitative estimate of drug-likeness (QED) is 0.859. The van der Waals surface area contributed by atoms with Gasteiger partial charge in [-0.05, 0) is 23.9 Å². The first-order valence-corrected chi connectivity index (χ1v) is 8.41. The van der Waals surface area contributed by atoms with Gasteiger partial charge in [0, 0.05) is 27.1 Å². The Morgan fingerprint density at radius 3 is 2.96 bits per heavy atom. The second-order valence-electron chi connectivity index (χ2n) is 5.88. The normalized spacial score (nSPS) is 17.3. The summed E-state index contributed by atoms with van der Waals surface area (Å²) in [7, 11) is 3.82. The summed E-state index contributed by atoms with van der Waals surface area (Å²) in [6.07, 6.45) is 4.08. The van der Waals surface area contributed by atoms with Crippen LogP contribution in [0.1, 0.15) is 21.7 Å². The molecule has 0 N–H and O–H groups in total. The number of aromatic nitrogens is 2. The number of nitrogens with zero attached hydrogens (tertiary/aromatic N) is 4. The molecule has 2 aromatic heterocycles. The zero-order valence-electron chi connectivity index (χ0n) is 13.5. The summed E-state index contributed by atoms with van der Waals surface area (Å²) in [4.78, 5) is 25.5. The summed E-state index contributed by atoms with van der Waals surface area (Å²) in [5.74, 6) is 1.34. The topological polar surface area (TPSA) is 58.6 Å². The molecule has 7 heteroatoms. The van der Waals surface area contributed by atoms with Crippen molar-refractivity contribution in [1.29, 1.82) is 0 Å². The predicted octanol–water partition coefficient (Wildman–Crippen LogP) is 2.21. The first-order valence-electron chi connectivity index (χ1n) is 7.53. The average Bonchev–Trinajstić information content (AvgIpc) is 3.16. The Labute approximate surface area is 139 Å². The molecule has 0 aliphatic carbocycles. The van der Waals surface area contributed by atoms with Gasteiger partial charge in [0.15, 0.2) is 5.82 Å². The zero-order valence-corrected chi connectivity index (χ0v) is 14.3. The number of carbonyl (C=O) groups is 1. The van der Waals surface area contributed by atoms with E-state index < -0.39 is 0 Å². The molecule has 1 aliphatic heterocycles. The largest absolute Gasteiger partial charge is 0.471 e. The maximum Gasteiger partial charge on any atom is 0.264 e. The molecule has 0 saturated carbocycles. The highest BCUT2D eigenvalue weighted by Crippen LogP contribution is 2.22. The second-order valence-corrected chi connectivity index (χ2v) is 6.79. The maximum atomic E-state index is 12.4. The summed E-state index contributed by atoms with van der Waals surface area (Å²) in [5.41, 5.74) is 1.13. The molecule has 1 amide bonds. The van der Waals surface area contributed by atoms with Gasteiger partial charge < -0.3 is 14.5 Å². The Bertz CT molecular complexity index is 701. The smallest absolute Gasteiger partial charge is 0.264 e. The zero-order chi connectivity index (χ0) is 16.4. The third-order valence-corrected chi connectivity index (χ3v) is 4.75. The SMILES string of the molecule is Cc1csc(C(=O)N2CCC(Oc3cncc(N(C)C)n3)C2)c1. The number of likely N-dealkylation sites (tertiary alicyclic amines) is 1. The molecule has 1 aliphatic rings. The van der Waals surface area contributed by atoms with Crippen LogP contribution >= 0.6 is 11.3 Å². The van der Waals surface area contributed by atoms with Gasteiger partial charge in [-0.15, -0.1) is 11.3 Å². The van der Waals surface area contributed by atoms with Gasteiger partial charge in [0.05, 0.1) is 23.8 Å². The highest BCUT2D eigenvalue weighted by Gasteiger charge is 2.29. The first kappa shape index (κ1) is 15.7. The van der Waals surface area contributed by atoms with Crippen LogP contribution in [0.5, 0.6) is 5.88 Å². The number of carbonyl (C=O) groups excluding carboxylic acids is 1. The number of hydrogen-bond donors (Lipinski definition) is 0. The maximum absolute atomic E-state index is 12.4. The van der Waals surface area contributed by atoms with Crippen LogP contribution in [0.25, 0.3) is 0 Å². The third-order valence-electron chi connectivity index (χ3n) is 3.72. The summed E-state index contributed by atoms with van der Waals surface area (Å²) < 4.78 is 5.90. The van der Waals surface area contributed by atoms with Crippen LogP contribution in [-0.4, -0.2) is 54.1 Å². The molecule has 0 aromatic carbocycles. The number of aryl methyl sites for hydroxylation is 1. The van der Waals surface area contributed by atoms with E-state index in [-0.39, 0.29) is 12.0 Å². The minimum atomic E-state index is -0.0354. The Kier molecular flexibility index (Phi) is 4.47. The molecule has 6 nitrogen and oxygen atoms in total. The van der Waals surface area contributed by atoms with Crippen molar-refractivity contribution in [1.82, 2.24) is 14.9 Å². The van der Waals surface area contributed by atoms with Crippen LogP contribution in [0.4, 0.5) is 5.82 Å². The Morgan fingerprint density at radius 2 is 2.26 bits per heavy atom. The summed E-state index contributed by atoms with van der Waals surface area (Å²) in [5, 5.41) is 2.00. The molecule has 1 unspecified atom stereocenters. The van der Waals surface area contributed by atoms with Gasteiger partial charge in [0.2, 0.25) is 5.88 Å². The van der Waals surface area contributed by atoms with E-state index in [2.05, 4.69) is 9.97 Å². The van der Waals surface area contributed by atoms with Gasteiger partial charge in [0.25, 0.3) is 5.91 Å². The van der Waals surface area contributed by atoms with E-state index in [1.807, 2.05) is 42.3 Å². The van der Waals surface area contributed by atoms with E-state index in [0.29, 0.717) is 19.0 Å². The summed E-state index contributed by atoms with van der Waals surface area (Å²) in [6, 6.07) is 1.94. The average molecular weight is 332 g/mol. The minimum Gasteiger partial charge on any atom is -0.471 e. The molecule has 3 rings (SSSR count). The predicted molar refractivity (Wildman–Crippen MR) is 90.4 cm³/mol. The van der Waals surface area contributed by atoms with Crippen LogP contribution in [0.2, 0.25) is 0 Å². The minimum absolute atomic E-state index is 0.0354. The summed E-state index contributed by atoms with van der Waals surface area (Å²) >= 11 is 1.49. The molecular weight excluding hydrogens is 312 g/mol. The molecule has 23 heavy (non-hydrogen) atoms. The number of hydrogen-bond acceptors (Lipinski definition) is 6. The van der Waals surface area contributed by atoms with Crippen LogP contribution in [0.3, 0.4) is 0 Å². The fraction of sp³-hybridized carbons (Fsp3) is 0.438. The van der Waals surface area contributed by atoms with Crippen LogP contribution in [0.15, 0.2) is 23.8 Å². The number of amides is 1. The standard InChI is InChI=1S/C16H20N4O2S/c1-11-6-13(23-10-11)16(21)20-5-4-12(9-20)22-15-8-17-7-14(18-15)19(2)3/h6-8,10,12H,4-5,9H2,1-3H3. The van der Waals surface area contributed by atoms with E-state index in [9.17, 15) is 4.79 Å². The third kappa shape index (κ3) is 3.61. The number of anilines is 1. The fourth-order valence-corrected chi connectivity index (χ4v) is 3.35. The van der Waals surface area contributed by atoms with Gasteiger partial charge in [0.1, 0.15) is 6.10 Å². The van der Waals surface area contributed by atoms with Crippen molar-refractivity contribution in [2.75, 3.05) is 32.1 Å². The molecule has 0 radical (unpaired) electrons. The van der Waals surface area contributed by atoms with E-state index in [0.717, 1.165) is 22.7 Å². The molecule has 1 saturated heterocycles. The van der Waals surface area contributed by atoms with Gasteiger partial charge in [-0.1, -0.05) is 0 Å². The number of ether oxygens (including phenoxy) is 1. The van der Waals surface area contributed by atoms with Crippen LogP contribution in [-0.2, 0) is 0 Å². The van der Waals surface area contributed by atoms with E-state index >= 15 is 0 Å². The molecule has 122 valence electrons. The number of rotatable bonds is 4. The Balaban J connectivity index is 1.62. The van der Waals surface area contributed by atoms with E-state index in [4.69, 9.17) is 4.74 Å². The van der Waals surface area contributed by atoms with Gasteiger partial charge in [-0.3, -0.25) is 9.78 Å². The fourth-order valence-electron chi connectivity index (χ4n) is 2.49. The Morgan fingerprint density at radius 1 is 1.43 bits per heavy atom. The van der Waals surface area contributed by atoms with Crippen molar-refractivity contribution in [2.24, 2.45) is 0 Å². The van der Waals surface area contributed by atoms with Crippen molar-refractivity contribution >= 4 is 23.1 Å². The lowest BCUT2D eigenvalue weighted by atomic mass is 10.3. The van der Waals surface area contributed by atoms with Crippen molar-refractivity contribution in [3.8, 4) is 5.88 Å². The molecule has 3 heterocycles. The molecule has 0 spiro atoms. The monoisotopic (exact) mass is 332 g/mol. The molecule has 1 atom stereocenters. The van der Waals surface area contributed by atoms with Crippen molar-refractivity contribution in [3.63, 3.8) is 0 Å². The lowest BCUT2D eigenvalue weighted by molar-refractivity contribution is 0.0776. The highest BCUT2D eigenvalue weighted by atomic mass is 32.1. The molecule has 0 bridgehead atoms. The van der Waals surface area contributed by atoms with Crippen molar-refractivity contribution in [2.45, 2.75) is 19.4 Å². The first-order chi connectivity index (χ1) is 11.0. The Hall–Kier alpha value is -2.15. The lowest BCUT2D eigenvalue weighted by Crippen LogP contribution is -2.30. The van der Waals surface area contributed by atoms with E-state index in [1.54, 1.807) is 12.4 Å². The van der Waals surface area contributed by atoms with Gasteiger partial charge in [-0.25, -0.2) is 0 Å². The highest BCUT2D eigenvalue weighted by molar-refractivity contribution is 7.12. The summed E-state index contributed by atoms with van der Waals surface area (Å²) in [6.45, 7) is 3.30. The lowest BCUT2D eigenvalue weighted by Gasteiger charge is -2.17.